The molecule has 148 valence electrons. The molecular weight excluding hydrogens is 361 g/mol. The number of carbonyl (C=O) groups excluding carboxylic acids is 1. The summed E-state index contributed by atoms with van der Waals surface area (Å²) in [6, 6.07) is 3.22. The molecule has 3 aliphatic heterocycles. The first-order valence-corrected chi connectivity index (χ1v) is 9.26. The fraction of sp³-hybridized carbons (Fsp3) is 0.667. The zero-order valence-corrected chi connectivity index (χ0v) is 15.0. The summed E-state index contributed by atoms with van der Waals surface area (Å²) >= 11 is 0. The summed E-state index contributed by atoms with van der Waals surface area (Å²) in [7, 11) is 0. The van der Waals surface area contributed by atoms with E-state index in [4.69, 9.17) is 4.74 Å². The molecule has 27 heavy (non-hydrogen) atoms. The van der Waals surface area contributed by atoms with E-state index < -0.39 is 11.9 Å². The fourth-order valence-electron chi connectivity index (χ4n) is 4.23. The quantitative estimate of drug-likeness (QED) is 0.781. The van der Waals surface area contributed by atoms with Gasteiger partial charge in [-0.1, -0.05) is 6.07 Å². The molecule has 1 aromatic rings. The van der Waals surface area contributed by atoms with Gasteiger partial charge < -0.3 is 9.64 Å². The summed E-state index contributed by atoms with van der Waals surface area (Å²) in [5.74, 6) is 0.157. The molecule has 4 heterocycles. The second kappa shape index (κ2) is 7.37. The number of likely N-dealkylation sites (tertiary alicyclic amines) is 2. The average Bonchev–Trinajstić information content (AvgIpc) is 3.22. The van der Waals surface area contributed by atoms with Crippen molar-refractivity contribution in [3.05, 3.63) is 29.6 Å². The van der Waals surface area contributed by atoms with Gasteiger partial charge in [-0.15, -0.1) is 0 Å². The molecular formula is C18H23F3N4O2. The van der Waals surface area contributed by atoms with Gasteiger partial charge in [-0.2, -0.15) is 13.2 Å². The first kappa shape index (κ1) is 18.6. The molecule has 3 fully saturated rings. The Labute approximate surface area is 155 Å². The Morgan fingerprint density at radius 2 is 1.85 bits per heavy atom. The van der Waals surface area contributed by atoms with Gasteiger partial charge in [-0.05, 0) is 18.1 Å². The number of nitrogens with zero attached hydrogens (tertiary/aromatic N) is 4. The van der Waals surface area contributed by atoms with Crippen molar-refractivity contribution in [1.82, 2.24) is 19.7 Å². The van der Waals surface area contributed by atoms with Crippen LogP contribution in [0.4, 0.5) is 13.2 Å². The van der Waals surface area contributed by atoms with Gasteiger partial charge in [0.1, 0.15) is 5.69 Å². The third kappa shape index (κ3) is 4.09. The minimum Gasteiger partial charge on any atom is -0.378 e. The molecule has 0 spiro atoms. The molecule has 3 saturated heterocycles. The Bertz CT molecular complexity index is 676. The van der Waals surface area contributed by atoms with Crippen LogP contribution in [0.2, 0.25) is 0 Å². The second-order valence-corrected chi connectivity index (χ2v) is 7.44. The van der Waals surface area contributed by atoms with E-state index in [1.54, 1.807) is 0 Å². The number of amides is 1. The maximum atomic E-state index is 12.6. The van der Waals surface area contributed by atoms with Crippen molar-refractivity contribution in [2.45, 2.75) is 31.2 Å². The largest absolute Gasteiger partial charge is 0.433 e. The highest BCUT2D eigenvalue weighted by molar-refractivity contribution is 5.78. The smallest absolute Gasteiger partial charge is 0.378 e. The Morgan fingerprint density at radius 1 is 1.15 bits per heavy atom. The number of piperazine rings is 1. The van der Waals surface area contributed by atoms with Gasteiger partial charge in [-0.3, -0.25) is 19.6 Å². The minimum atomic E-state index is -4.40. The predicted octanol–water partition coefficient (Wildman–Crippen LogP) is 1.22. The minimum absolute atomic E-state index is 0.157. The van der Waals surface area contributed by atoms with Crippen molar-refractivity contribution in [3.63, 3.8) is 0 Å². The topological polar surface area (TPSA) is 48.9 Å². The van der Waals surface area contributed by atoms with Crippen molar-refractivity contribution < 1.29 is 22.7 Å². The van der Waals surface area contributed by atoms with E-state index in [0.29, 0.717) is 51.5 Å². The van der Waals surface area contributed by atoms with E-state index in [9.17, 15) is 18.0 Å². The fourth-order valence-corrected chi connectivity index (χ4v) is 4.23. The molecule has 0 aromatic carbocycles. The third-order valence-electron chi connectivity index (χ3n) is 5.67. The van der Waals surface area contributed by atoms with Gasteiger partial charge in [0, 0.05) is 51.0 Å². The summed E-state index contributed by atoms with van der Waals surface area (Å²) in [5, 5.41) is 0. The van der Waals surface area contributed by atoms with Crippen LogP contribution in [-0.4, -0.2) is 83.6 Å². The molecule has 2 atom stereocenters. The van der Waals surface area contributed by atoms with E-state index in [0.717, 1.165) is 31.1 Å². The normalized spacial score (nSPS) is 26.7. The van der Waals surface area contributed by atoms with Gasteiger partial charge >= 0.3 is 6.18 Å². The number of fused-ring (bicyclic) bond motifs is 2. The lowest BCUT2D eigenvalue weighted by molar-refractivity contribution is -0.141. The molecule has 2 unspecified atom stereocenters. The number of pyridine rings is 1. The molecule has 0 aliphatic carbocycles. The van der Waals surface area contributed by atoms with Crippen LogP contribution < -0.4 is 0 Å². The number of hydrogen-bond donors (Lipinski definition) is 0. The number of hydrogen-bond acceptors (Lipinski definition) is 5. The lowest BCUT2D eigenvalue weighted by Gasteiger charge is -2.35. The number of morpholine rings is 1. The van der Waals surface area contributed by atoms with Crippen LogP contribution in [-0.2, 0) is 22.3 Å². The molecule has 3 aliphatic rings. The molecule has 6 nitrogen and oxygen atoms in total. The third-order valence-corrected chi connectivity index (χ3v) is 5.67. The van der Waals surface area contributed by atoms with Gasteiger partial charge in [0.15, 0.2) is 0 Å². The van der Waals surface area contributed by atoms with Crippen molar-refractivity contribution in [1.29, 1.82) is 0 Å². The number of carbonyl (C=O) groups is 1. The zero-order valence-electron chi connectivity index (χ0n) is 15.0. The van der Waals surface area contributed by atoms with E-state index in [-0.39, 0.29) is 5.91 Å². The highest BCUT2D eigenvalue weighted by Crippen LogP contribution is 2.32. The van der Waals surface area contributed by atoms with E-state index >= 15 is 0 Å². The molecule has 4 rings (SSSR count). The summed E-state index contributed by atoms with van der Waals surface area (Å²) in [6.07, 6.45) is -2.09. The number of ether oxygens (including phenoxy) is 1. The van der Waals surface area contributed by atoms with Crippen LogP contribution in [0.15, 0.2) is 18.3 Å². The summed E-state index contributed by atoms with van der Waals surface area (Å²) in [4.78, 5) is 22.4. The number of aromatic nitrogens is 1. The van der Waals surface area contributed by atoms with Crippen molar-refractivity contribution >= 4 is 5.91 Å². The highest BCUT2D eigenvalue weighted by Gasteiger charge is 2.43. The lowest BCUT2D eigenvalue weighted by atomic mass is 10.2. The predicted molar refractivity (Wildman–Crippen MR) is 90.8 cm³/mol. The molecule has 0 N–H and O–H groups in total. The maximum absolute atomic E-state index is 12.6. The lowest BCUT2D eigenvalue weighted by Crippen LogP contribution is -2.51. The van der Waals surface area contributed by atoms with Crippen LogP contribution in [0.25, 0.3) is 0 Å². The first-order chi connectivity index (χ1) is 12.9. The summed E-state index contributed by atoms with van der Waals surface area (Å²) in [5.41, 5.74) is -0.0755. The highest BCUT2D eigenvalue weighted by atomic mass is 19.4. The number of halogens is 3. The first-order valence-electron chi connectivity index (χ1n) is 9.26. The van der Waals surface area contributed by atoms with E-state index in [2.05, 4.69) is 14.8 Å². The molecule has 0 radical (unpaired) electrons. The monoisotopic (exact) mass is 384 g/mol. The van der Waals surface area contributed by atoms with Crippen LogP contribution in [0.3, 0.4) is 0 Å². The van der Waals surface area contributed by atoms with Crippen LogP contribution >= 0.6 is 0 Å². The molecule has 0 saturated carbocycles. The van der Waals surface area contributed by atoms with Gasteiger partial charge in [-0.25, -0.2) is 0 Å². The SMILES string of the molecule is O=C(CN1CC2CC1CN2Cc1ccc(C(F)(F)F)nc1)N1CCOCC1. The van der Waals surface area contributed by atoms with Crippen molar-refractivity contribution in [2.24, 2.45) is 0 Å². The Morgan fingerprint density at radius 3 is 2.44 bits per heavy atom. The van der Waals surface area contributed by atoms with Crippen LogP contribution in [0.5, 0.6) is 0 Å². The Hall–Kier alpha value is -1.71. The van der Waals surface area contributed by atoms with Crippen LogP contribution in [0.1, 0.15) is 17.7 Å². The zero-order chi connectivity index (χ0) is 19.0. The number of alkyl halides is 3. The molecule has 9 heteroatoms. The van der Waals surface area contributed by atoms with Gasteiger partial charge in [0.2, 0.25) is 5.91 Å². The van der Waals surface area contributed by atoms with E-state index in [1.807, 2.05) is 4.90 Å². The van der Waals surface area contributed by atoms with Crippen molar-refractivity contribution in [2.75, 3.05) is 45.9 Å². The Kier molecular flexibility index (Phi) is 5.09. The molecule has 1 aromatic heterocycles. The maximum Gasteiger partial charge on any atom is 0.433 e. The van der Waals surface area contributed by atoms with E-state index in [1.165, 1.54) is 12.3 Å². The average molecular weight is 384 g/mol. The molecule has 1 amide bonds. The van der Waals surface area contributed by atoms with Crippen molar-refractivity contribution in [3.8, 4) is 0 Å². The van der Waals surface area contributed by atoms with Gasteiger partial charge in [0.25, 0.3) is 0 Å². The summed E-state index contributed by atoms with van der Waals surface area (Å²) < 4.78 is 43.1. The second-order valence-electron chi connectivity index (χ2n) is 7.44. The summed E-state index contributed by atoms with van der Waals surface area (Å²) in [6.45, 7) is 5.23. The number of rotatable bonds is 4. The Balaban J connectivity index is 1.29. The van der Waals surface area contributed by atoms with Crippen LogP contribution in [0, 0.1) is 0 Å². The van der Waals surface area contributed by atoms with Gasteiger partial charge in [0.05, 0.1) is 19.8 Å². The standard InChI is InChI=1S/C18H23F3N4O2/c19-18(20,21)16-2-1-13(8-22-16)9-24-10-15-7-14(24)11-25(15)12-17(26)23-3-5-27-6-4-23/h1-2,8,14-15H,3-7,9-12H2. The molecule has 2 bridgehead atoms.